The molecule has 0 saturated heterocycles. The molecule has 0 radical (unpaired) electrons. The van der Waals surface area contributed by atoms with Gasteiger partial charge in [0.1, 0.15) is 0 Å². The maximum Gasteiger partial charge on any atom is 0.221 e. The monoisotopic (exact) mass is 210 g/mol. The van der Waals surface area contributed by atoms with Gasteiger partial charge >= 0.3 is 0 Å². The van der Waals surface area contributed by atoms with E-state index >= 15 is 0 Å². The first kappa shape index (κ1) is 11.2. The minimum absolute atomic E-state index is 0.0498. The largest absolute Gasteiger partial charge is 0.324 e. The van der Waals surface area contributed by atoms with Gasteiger partial charge in [-0.25, -0.2) is 4.39 Å². The number of anilines is 2. The fourth-order valence-corrected chi connectivity index (χ4v) is 1.10. The molecule has 0 heterocycles. The summed E-state index contributed by atoms with van der Waals surface area (Å²) in [6.07, 6.45) is 0. The zero-order chi connectivity index (χ0) is 11.4. The summed E-state index contributed by atoms with van der Waals surface area (Å²) in [4.78, 5) is 21.5. The lowest BCUT2D eigenvalue weighted by atomic mass is 10.2. The Hall–Kier alpha value is -1.91. The van der Waals surface area contributed by atoms with Crippen molar-refractivity contribution < 1.29 is 14.0 Å². The molecule has 0 aromatic heterocycles. The second-order valence-electron chi connectivity index (χ2n) is 3.03. The molecule has 0 aliphatic carbocycles. The lowest BCUT2D eigenvalue weighted by molar-refractivity contribution is -0.115. The van der Waals surface area contributed by atoms with Crippen LogP contribution in [0.2, 0.25) is 0 Å². The summed E-state index contributed by atoms with van der Waals surface area (Å²) in [5.41, 5.74) is 0.0995. The molecule has 0 fully saturated rings. The topological polar surface area (TPSA) is 58.2 Å². The van der Waals surface area contributed by atoms with Gasteiger partial charge in [0.2, 0.25) is 11.8 Å². The summed E-state index contributed by atoms with van der Waals surface area (Å²) in [6, 6.07) is 4.38. The Morgan fingerprint density at radius 3 is 1.80 bits per heavy atom. The molecule has 0 aliphatic rings. The normalized spacial score (nSPS) is 9.53. The average molecular weight is 210 g/mol. The summed E-state index contributed by atoms with van der Waals surface area (Å²) in [5, 5.41) is 4.64. The first-order valence-electron chi connectivity index (χ1n) is 4.34. The zero-order valence-electron chi connectivity index (χ0n) is 8.43. The molecule has 15 heavy (non-hydrogen) atoms. The lowest BCUT2D eigenvalue weighted by Gasteiger charge is -2.08. The van der Waals surface area contributed by atoms with Gasteiger partial charge in [0.25, 0.3) is 0 Å². The maximum absolute atomic E-state index is 13.6. The average Bonchev–Trinajstić information content (AvgIpc) is 2.10. The summed E-state index contributed by atoms with van der Waals surface area (Å²) in [6.45, 7) is 2.56. The van der Waals surface area contributed by atoms with Crippen molar-refractivity contribution in [3.63, 3.8) is 0 Å². The Kier molecular flexibility index (Phi) is 3.38. The van der Waals surface area contributed by atoms with E-state index in [9.17, 15) is 14.0 Å². The fourth-order valence-electron chi connectivity index (χ4n) is 1.10. The third-order valence-corrected chi connectivity index (χ3v) is 1.62. The number of hydrogen-bond donors (Lipinski definition) is 2. The minimum atomic E-state index is -0.650. The van der Waals surface area contributed by atoms with Gasteiger partial charge in [-0.05, 0) is 12.1 Å². The Labute approximate surface area is 86.5 Å². The van der Waals surface area contributed by atoms with Crippen molar-refractivity contribution in [3.8, 4) is 0 Å². The van der Waals surface area contributed by atoms with Crippen LogP contribution in [0.1, 0.15) is 13.8 Å². The molecule has 0 aliphatic heterocycles. The van der Waals surface area contributed by atoms with Crippen LogP contribution in [0.5, 0.6) is 0 Å². The molecule has 0 atom stereocenters. The summed E-state index contributed by atoms with van der Waals surface area (Å²) < 4.78 is 13.6. The summed E-state index contributed by atoms with van der Waals surface area (Å²) in [7, 11) is 0. The molecule has 0 spiro atoms. The Morgan fingerprint density at radius 1 is 1.07 bits per heavy atom. The molecule has 0 unspecified atom stereocenters. The Bertz CT molecular complexity index is 370. The molecule has 80 valence electrons. The van der Waals surface area contributed by atoms with E-state index in [4.69, 9.17) is 0 Å². The van der Waals surface area contributed by atoms with E-state index in [0.29, 0.717) is 0 Å². The van der Waals surface area contributed by atoms with Gasteiger partial charge in [-0.2, -0.15) is 0 Å². The van der Waals surface area contributed by atoms with E-state index in [1.165, 1.54) is 26.0 Å². The van der Waals surface area contributed by atoms with Crippen LogP contribution in [0.4, 0.5) is 15.8 Å². The van der Waals surface area contributed by atoms with E-state index in [1.54, 1.807) is 6.07 Å². The molecule has 1 aromatic carbocycles. The number of hydrogen-bond acceptors (Lipinski definition) is 2. The van der Waals surface area contributed by atoms with Crippen molar-refractivity contribution in [1.82, 2.24) is 0 Å². The van der Waals surface area contributed by atoms with Crippen molar-refractivity contribution in [2.24, 2.45) is 0 Å². The van der Waals surface area contributed by atoms with Gasteiger partial charge in [0.15, 0.2) is 5.82 Å². The van der Waals surface area contributed by atoms with Gasteiger partial charge in [-0.3, -0.25) is 9.59 Å². The van der Waals surface area contributed by atoms with Crippen LogP contribution in [0.15, 0.2) is 18.2 Å². The van der Waals surface area contributed by atoms with E-state index in [-0.39, 0.29) is 23.2 Å². The van der Waals surface area contributed by atoms with Gasteiger partial charge in [0, 0.05) is 13.8 Å². The number of amides is 2. The maximum atomic E-state index is 13.6. The van der Waals surface area contributed by atoms with E-state index in [0.717, 1.165) is 0 Å². The highest BCUT2D eigenvalue weighted by molar-refractivity contribution is 5.92. The standard InChI is InChI=1S/C10H11FN2O2/c1-6(14)12-8-4-3-5-9(10(8)11)13-7(2)15/h3-5H,1-2H3,(H,12,14)(H,13,15). The number of nitrogens with one attached hydrogen (secondary N) is 2. The minimum Gasteiger partial charge on any atom is -0.324 e. The predicted octanol–water partition coefficient (Wildman–Crippen LogP) is 1.74. The highest BCUT2D eigenvalue weighted by Crippen LogP contribution is 2.22. The molecule has 1 aromatic rings. The molecule has 2 N–H and O–H groups in total. The molecule has 4 nitrogen and oxygen atoms in total. The van der Waals surface area contributed by atoms with E-state index < -0.39 is 5.82 Å². The first-order chi connectivity index (χ1) is 7.00. The number of benzene rings is 1. The third-order valence-electron chi connectivity index (χ3n) is 1.62. The van der Waals surface area contributed by atoms with Crippen molar-refractivity contribution >= 4 is 23.2 Å². The summed E-state index contributed by atoms with van der Waals surface area (Å²) >= 11 is 0. The van der Waals surface area contributed by atoms with Crippen LogP contribution in [0, 0.1) is 5.82 Å². The number of rotatable bonds is 2. The fraction of sp³-hybridized carbons (Fsp3) is 0.200. The number of halogens is 1. The highest BCUT2D eigenvalue weighted by atomic mass is 19.1. The van der Waals surface area contributed by atoms with Gasteiger partial charge in [-0.1, -0.05) is 6.07 Å². The van der Waals surface area contributed by atoms with Gasteiger partial charge in [-0.15, -0.1) is 0 Å². The molecule has 0 bridgehead atoms. The van der Waals surface area contributed by atoms with Crippen LogP contribution in [-0.4, -0.2) is 11.8 Å². The van der Waals surface area contributed by atoms with Crippen molar-refractivity contribution in [2.45, 2.75) is 13.8 Å². The van der Waals surface area contributed by atoms with Gasteiger partial charge in [0.05, 0.1) is 11.4 Å². The van der Waals surface area contributed by atoms with Crippen molar-refractivity contribution in [2.75, 3.05) is 10.6 Å². The Morgan fingerprint density at radius 2 is 1.47 bits per heavy atom. The Balaban J connectivity index is 2.99. The van der Waals surface area contributed by atoms with Gasteiger partial charge < -0.3 is 10.6 Å². The highest BCUT2D eigenvalue weighted by Gasteiger charge is 2.09. The van der Waals surface area contributed by atoms with Crippen molar-refractivity contribution in [3.05, 3.63) is 24.0 Å². The second kappa shape index (κ2) is 4.54. The molecular weight excluding hydrogens is 199 g/mol. The SMILES string of the molecule is CC(=O)Nc1cccc(NC(C)=O)c1F. The van der Waals surface area contributed by atoms with Crippen LogP contribution in [-0.2, 0) is 9.59 Å². The van der Waals surface area contributed by atoms with E-state index in [1.807, 2.05) is 0 Å². The predicted molar refractivity (Wildman–Crippen MR) is 55.0 cm³/mol. The number of carbonyl (C=O) groups is 2. The smallest absolute Gasteiger partial charge is 0.221 e. The third kappa shape index (κ3) is 3.05. The molecule has 0 saturated carbocycles. The van der Waals surface area contributed by atoms with Crippen LogP contribution >= 0.6 is 0 Å². The first-order valence-corrected chi connectivity index (χ1v) is 4.34. The number of carbonyl (C=O) groups excluding carboxylic acids is 2. The molecule has 1 rings (SSSR count). The summed E-state index contributed by atoms with van der Waals surface area (Å²) in [5.74, 6) is -1.38. The molecule has 2 amide bonds. The second-order valence-corrected chi connectivity index (χ2v) is 3.03. The van der Waals surface area contributed by atoms with Crippen LogP contribution in [0.3, 0.4) is 0 Å². The molecular formula is C10H11FN2O2. The lowest BCUT2D eigenvalue weighted by Crippen LogP contribution is -2.11. The van der Waals surface area contributed by atoms with E-state index in [2.05, 4.69) is 10.6 Å². The quantitative estimate of drug-likeness (QED) is 0.781. The zero-order valence-corrected chi connectivity index (χ0v) is 8.43. The van der Waals surface area contributed by atoms with Crippen LogP contribution in [0.25, 0.3) is 0 Å². The van der Waals surface area contributed by atoms with Crippen molar-refractivity contribution in [1.29, 1.82) is 0 Å². The molecule has 5 heteroatoms. The van der Waals surface area contributed by atoms with Crippen LogP contribution < -0.4 is 10.6 Å².